The highest BCUT2D eigenvalue weighted by molar-refractivity contribution is 5.91. The maximum Gasteiger partial charge on any atom is 0.416 e. The van der Waals surface area contributed by atoms with Crippen molar-refractivity contribution in [1.29, 1.82) is 0 Å². The van der Waals surface area contributed by atoms with Gasteiger partial charge in [-0.05, 0) is 41.5 Å². The molecule has 27 heavy (non-hydrogen) atoms. The lowest BCUT2D eigenvalue weighted by Gasteiger charge is -2.24. The van der Waals surface area contributed by atoms with Crippen LogP contribution in [0.15, 0.2) is 42.5 Å². The summed E-state index contributed by atoms with van der Waals surface area (Å²) in [6.45, 7) is 8.37. The van der Waals surface area contributed by atoms with Crippen LogP contribution < -0.4 is 10.6 Å². The number of benzene rings is 2. The van der Waals surface area contributed by atoms with E-state index in [2.05, 4.69) is 31.4 Å². The molecular weight excluding hydrogens is 353 g/mol. The minimum atomic E-state index is -4.37. The third kappa shape index (κ3) is 5.74. The number of aryl methyl sites for hydroxylation is 1. The van der Waals surface area contributed by atoms with Gasteiger partial charge in [-0.3, -0.25) is 0 Å². The number of carbonyl (C=O) groups is 1. The van der Waals surface area contributed by atoms with Gasteiger partial charge >= 0.3 is 12.2 Å². The van der Waals surface area contributed by atoms with Gasteiger partial charge in [0.15, 0.2) is 0 Å². The molecule has 2 rings (SSSR count). The number of carbonyl (C=O) groups excluding carboxylic acids is 1. The Bertz CT molecular complexity index is 808. The summed E-state index contributed by atoms with van der Waals surface area (Å²) in [6, 6.07) is 10.6. The molecule has 2 aromatic rings. The Labute approximate surface area is 158 Å². The summed E-state index contributed by atoms with van der Waals surface area (Å²) < 4.78 is 38.3. The predicted molar refractivity (Wildman–Crippen MR) is 102 cm³/mol. The van der Waals surface area contributed by atoms with Crippen molar-refractivity contribution < 1.29 is 18.0 Å². The van der Waals surface area contributed by atoms with E-state index in [-0.39, 0.29) is 18.0 Å². The maximum atomic E-state index is 12.8. The van der Waals surface area contributed by atoms with E-state index in [1.54, 1.807) is 6.07 Å². The van der Waals surface area contributed by atoms with Gasteiger partial charge in [-0.25, -0.2) is 4.79 Å². The average molecular weight is 378 g/mol. The van der Waals surface area contributed by atoms with Crippen LogP contribution in [0.1, 0.15) is 43.0 Å². The second-order valence-corrected chi connectivity index (χ2v) is 7.58. The summed E-state index contributed by atoms with van der Waals surface area (Å²) in [6.07, 6.45) is -4.05. The van der Waals surface area contributed by atoms with E-state index in [1.807, 2.05) is 25.1 Å². The quantitative estimate of drug-likeness (QED) is 0.706. The van der Waals surface area contributed by atoms with E-state index in [1.165, 1.54) is 6.07 Å². The lowest BCUT2D eigenvalue weighted by Crippen LogP contribution is -2.32. The number of urea groups is 1. The molecule has 6 heteroatoms. The number of nitrogens with one attached hydrogen (secondary N) is 2. The molecule has 2 N–H and O–H groups in total. The molecular formula is C21H25F3N2O. The zero-order valence-corrected chi connectivity index (χ0v) is 16.0. The van der Waals surface area contributed by atoms with Crippen molar-refractivity contribution in [3.8, 4) is 0 Å². The zero-order valence-electron chi connectivity index (χ0n) is 16.0. The fourth-order valence-corrected chi connectivity index (χ4v) is 2.84. The van der Waals surface area contributed by atoms with Crippen LogP contribution in [0.25, 0.3) is 0 Å². The number of halogens is 3. The highest BCUT2D eigenvalue weighted by Crippen LogP contribution is 2.32. The SMILES string of the molecule is Cc1cccc(C(C)(C)C)c1NC(=O)NCCc1cccc(C(F)(F)F)c1. The Kier molecular flexibility index (Phi) is 6.19. The van der Waals surface area contributed by atoms with E-state index in [4.69, 9.17) is 0 Å². The Hall–Kier alpha value is -2.50. The molecule has 0 heterocycles. The summed E-state index contributed by atoms with van der Waals surface area (Å²) >= 11 is 0. The van der Waals surface area contributed by atoms with Crippen molar-refractivity contribution in [2.45, 2.75) is 45.7 Å². The first-order valence-electron chi connectivity index (χ1n) is 8.79. The van der Waals surface area contributed by atoms with Crippen molar-refractivity contribution in [2.75, 3.05) is 11.9 Å². The third-order valence-electron chi connectivity index (χ3n) is 4.27. The summed E-state index contributed by atoms with van der Waals surface area (Å²) in [5, 5.41) is 5.59. The number of amides is 2. The van der Waals surface area contributed by atoms with Gasteiger partial charge in [0.25, 0.3) is 0 Å². The van der Waals surface area contributed by atoms with Crippen molar-refractivity contribution in [3.05, 3.63) is 64.7 Å². The predicted octanol–water partition coefficient (Wildman–Crippen LogP) is 5.68. The molecule has 0 aliphatic heterocycles. The van der Waals surface area contributed by atoms with Crippen LogP contribution in [0.5, 0.6) is 0 Å². The molecule has 0 aliphatic rings. The van der Waals surface area contributed by atoms with Gasteiger partial charge in [0.1, 0.15) is 0 Å². The molecule has 0 aromatic heterocycles. The molecule has 146 valence electrons. The molecule has 2 amide bonds. The molecule has 0 radical (unpaired) electrons. The van der Waals surface area contributed by atoms with Gasteiger partial charge in [-0.15, -0.1) is 0 Å². The van der Waals surface area contributed by atoms with Crippen LogP contribution in [0, 0.1) is 6.92 Å². The van der Waals surface area contributed by atoms with Crippen molar-refractivity contribution >= 4 is 11.7 Å². The van der Waals surface area contributed by atoms with Gasteiger partial charge in [-0.2, -0.15) is 13.2 Å². The fourth-order valence-electron chi connectivity index (χ4n) is 2.84. The first-order chi connectivity index (χ1) is 12.5. The second-order valence-electron chi connectivity index (χ2n) is 7.58. The monoisotopic (exact) mass is 378 g/mol. The van der Waals surface area contributed by atoms with Crippen LogP contribution in [0.2, 0.25) is 0 Å². The molecule has 0 saturated carbocycles. The molecule has 0 aliphatic carbocycles. The summed E-state index contributed by atoms with van der Waals surface area (Å²) in [4.78, 5) is 12.3. The molecule has 0 spiro atoms. The van der Waals surface area contributed by atoms with Gasteiger partial charge in [-0.1, -0.05) is 57.2 Å². The average Bonchev–Trinajstić information content (AvgIpc) is 2.55. The molecule has 0 bridgehead atoms. The van der Waals surface area contributed by atoms with E-state index >= 15 is 0 Å². The van der Waals surface area contributed by atoms with E-state index in [0.29, 0.717) is 12.0 Å². The Morgan fingerprint density at radius 2 is 1.70 bits per heavy atom. The molecule has 0 saturated heterocycles. The highest BCUT2D eigenvalue weighted by Gasteiger charge is 2.30. The smallest absolute Gasteiger partial charge is 0.338 e. The van der Waals surface area contributed by atoms with Gasteiger partial charge < -0.3 is 10.6 Å². The standard InChI is InChI=1S/C21H25F3N2O/c1-14-7-5-10-17(20(2,3)4)18(14)26-19(27)25-12-11-15-8-6-9-16(13-15)21(22,23)24/h5-10,13H,11-12H2,1-4H3,(H2,25,26,27). The van der Waals surface area contributed by atoms with E-state index < -0.39 is 11.7 Å². The summed E-state index contributed by atoms with van der Waals surface area (Å²) in [5.41, 5.74) is 2.45. The summed E-state index contributed by atoms with van der Waals surface area (Å²) in [7, 11) is 0. The van der Waals surface area contributed by atoms with Crippen LogP contribution in [-0.2, 0) is 18.0 Å². The first-order valence-corrected chi connectivity index (χ1v) is 8.79. The molecule has 2 aromatic carbocycles. The number of anilines is 1. The lowest BCUT2D eigenvalue weighted by atomic mass is 9.84. The number of rotatable bonds is 4. The fraction of sp³-hybridized carbons (Fsp3) is 0.381. The highest BCUT2D eigenvalue weighted by atomic mass is 19.4. The number of alkyl halides is 3. The minimum absolute atomic E-state index is 0.132. The number of hydrogen-bond acceptors (Lipinski definition) is 1. The first kappa shape index (κ1) is 20.8. The second kappa shape index (κ2) is 8.03. The Balaban J connectivity index is 1.99. The summed E-state index contributed by atoms with van der Waals surface area (Å²) in [5.74, 6) is 0. The van der Waals surface area contributed by atoms with Gasteiger partial charge in [0.05, 0.1) is 5.56 Å². The molecule has 0 atom stereocenters. The Morgan fingerprint density at radius 3 is 2.33 bits per heavy atom. The molecule has 0 fully saturated rings. The van der Waals surface area contributed by atoms with E-state index in [9.17, 15) is 18.0 Å². The number of hydrogen-bond donors (Lipinski definition) is 2. The topological polar surface area (TPSA) is 41.1 Å². The van der Waals surface area contributed by atoms with Crippen LogP contribution >= 0.6 is 0 Å². The van der Waals surface area contributed by atoms with Gasteiger partial charge in [0.2, 0.25) is 0 Å². The van der Waals surface area contributed by atoms with Crippen molar-refractivity contribution in [2.24, 2.45) is 0 Å². The van der Waals surface area contributed by atoms with Crippen molar-refractivity contribution in [1.82, 2.24) is 5.32 Å². The lowest BCUT2D eigenvalue weighted by molar-refractivity contribution is -0.137. The minimum Gasteiger partial charge on any atom is -0.338 e. The van der Waals surface area contributed by atoms with Crippen molar-refractivity contribution in [3.63, 3.8) is 0 Å². The maximum absolute atomic E-state index is 12.8. The zero-order chi connectivity index (χ0) is 20.2. The molecule has 0 unspecified atom stereocenters. The van der Waals surface area contributed by atoms with E-state index in [0.717, 1.165) is 28.9 Å². The van der Waals surface area contributed by atoms with Gasteiger partial charge in [0, 0.05) is 12.2 Å². The van der Waals surface area contributed by atoms with Crippen LogP contribution in [0.3, 0.4) is 0 Å². The van der Waals surface area contributed by atoms with Crippen LogP contribution in [0.4, 0.5) is 23.7 Å². The Morgan fingerprint density at radius 1 is 1.04 bits per heavy atom. The molecule has 3 nitrogen and oxygen atoms in total. The normalized spacial score (nSPS) is 12.0. The third-order valence-corrected chi connectivity index (χ3v) is 4.27. The van der Waals surface area contributed by atoms with Crippen LogP contribution in [-0.4, -0.2) is 12.6 Å². The largest absolute Gasteiger partial charge is 0.416 e. The number of para-hydroxylation sites is 1.